The molecule has 0 saturated carbocycles. The van der Waals surface area contributed by atoms with E-state index in [0.717, 1.165) is 31.8 Å². The van der Waals surface area contributed by atoms with Gasteiger partial charge in [-0.05, 0) is 19.9 Å². The summed E-state index contributed by atoms with van der Waals surface area (Å²) in [5, 5.41) is 21.7. The van der Waals surface area contributed by atoms with E-state index < -0.39 is 0 Å². The molecule has 3 saturated heterocycles. The molecular weight excluding hydrogens is 168 g/mol. The van der Waals surface area contributed by atoms with Crippen molar-refractivity contribution in [3.63, 3.8) is 0 Å². The van der Waals surface area contributed by atoms with Crippen molar-refractivity contribution in [3.8, 4) is 0 Å². The molecule has 0 amide bonds. The molecule has 3 heterocycles. The van der Waals surface area contributed by atoms with Crippen LogP contribution in [0.25, 0.3) is 0 Å². The van der Waals surface area contributed by atoms with Gasteiger partial charge in [-0.1, -0.05) is 5.16 Å². The lowest BCUT2D eigenvalue weighted by Gasteiger charge is -2.46. The lowest BCUT2D eigenvalue weighted by Crippen LogP contribution is -2.55. The van der Waals surface area contributed by atoms with Crippen LogP contribution < -0.4 is 0 Å². The summed E-state index contributed by atoms with van der Waals surface area (Å²) >= 11 is 0. The molecule has 0 aliphatic carbocycles. The third-order valence-electron chi connectivity index (χ3n) is 3.30. The van der Waals surface area contributed by atoms with Crippen molar-refractivity contribution in [2.75, 3.05) is 19.6 Å². The van der Waals surface area contributed by atoms with Gasteiger partial charge in [-0.2, -0.15) is 0 Å². The van der Waals surface area contributed by atoms with E-state index in [1.54, 1.807) is 0 Å². The molecule has 0 spiro atoms. The third-order valence-corrected chi connectivity index (χ3v) is 3.30. The minimum absolute atomic E-state index is 0.258. The number of oxime groups is 1. The molecule has 2 N–H and O–H groups in total. The molecule has 4 heteroatoms. The van der Waals surface area contributed by atoms with Crippen LogP contribution in [0.2, 0.25) is 0 Å². The summed E-state index contributed by atoms with van der Waals surface area (Å²) in [7, 11) is 0. The van der Waals surface area contributed by atoms with Gasteiger partial charge in [0.2, 0.25) is 0 Å². The van der Waals surface area contributed by atoms with Crippen molar-refractivity contribution in [2.24, 2.45) is 17.0 Å². The Hall–Kier alpha value is -0.610. The predicted octanol–water partition coefficient (Wildman–Crippen LogP) is 0.149. The summed E-state index contributed by atoms with van der Waals surface area (Å²) in [6, 6.07) is 0. The first-order valence-corrected chi connectivity index (χ1v) is 4.83. The Morgan fingerprint density at radius 1 is 1.62 bits per heavy atom. The number of rotatable bonds is 1. The van der Waals surface area contributed by atoms with Crippen LogP contribution in [0.5, 0.6) is 0 Å². The highest BCUT2D eigenvalue weighted by Gasteiger charge is 2.40. The number of piperidine rings is 3. The summed E-state index contributed by atoms with van der Waals surface area (Å²) in [5.74, 6) is 0.559. The summed E-state index contributed by atoms with van der Waals surface area (Å²) in [4.78, 5) is 2.24. The zero-order chi connectivity index (χ0) is 9.42. The average molecular weight is 184 g/mol. The van der Waals surface area contributed by atoms with E-state index in [-0.39, 0.29) is 12.0 Å². The zero-order valence-electron chi connectivity index (χ0n) is 7.85. The van der Waals surface area contributed by atoms with E-state index in [0.29, 0.717) is 5.92 Å². The van der Waals surface area contributed by atoms with Crippen LogP contribution in [0, 0.1) is 11.8 Å². The number of fused-ring (bicyclic) bond motifs is 3. The van der Waals surface area contributed by atoms with Gasteiger partial charge in [0.1, 0.15) is 0 Å². The van der Waals surface area contributed by atoms with Gasteiger partial charge in [0.05, 0.1) is 11.8 Å². The molecule has 0 aromatic carbocycles. The van der Waals surface area contributed by atoms with Crippen molar-refractivity contribution < 1.29 is 10.3 Å². The van der Waals surface area contributed by atoms with Gasteiger partial charge >= 0.3 is 0 Å². The van der Waals surface area contributed by atoms with Crippen LogP contribution in [0.15, 0.2) is 5.16 Å². The van der Waals surface area contributed by atoms with E-state index in [2.05, 4.69) is 10.1 Å². The molecule has 3 aliphatic rings. The van der Waals surface area contributed by atoms with Gasteiger partial charge in [0.25, 0.3) is 0 Å². The first kappa shape index (κ1) is 8.97. The second-order valence-corrected chi connectivity index (χ2v) is 4.13. The van der Waals surface area contributed by atoms with E-state index in [4.69, 9.17) is 5.21 Å². The Bertz CT molecular complexity index is 228. The van der Waals surface area contributed by atoms with E-state index >= 15 is 0 Å². The first-order valence-electron chi connectivity index (χ1n) is 4.83. The smallest absolute Gasteiger partial charge is 0.0746 e. The minimum atomic E-state index is -0.301. The van der Waals surface area contributed by atoms with Gasteiger partial charge in [0, 0.05) is 24.9 Å². The Kier molecular flexibility index (Phi) is 2.26. The van der Waals surface area contributed by atoms with Crippen LogP contribution in [0.4, 0.5) is 0 Å². The summed E-state index contributed by atoms with van der Waals surface area (Å²) in [6.45, 7) is 4.63. The fourth-order valence-electron chi connectivity index (χ4n) is 2.55. The van der Waals surface area contributed by atoms with Crippen LogP contribution in [0.3, 0.4) is 0 Å². The molecule has 3 fully saturated rings. The van der Waals surface area contributed by atoms with Gasteiger partial charge in [0.15, 0.2) is 0 Å². The quantitative estimate of drug-likeness (QED) is 0.450. The Balaban J connectivity index is 2.17. The molecule has 13 heavy (non-hydrogen) atoms. The first-order chi connectivity index (χ1) is 6.22. The van der Waals surface area contributed by atoms with Crippen LogP contribution in [-0.2, 0) is 0 Å². The third kappa shape index (κ3) is 1.44. The van der Waals surface area contributed by atoms with E-state index in [1.165, 1.54) is 0 Å². The van der Waals surface area contributed by atoms with Gasteiger partial charge in [-0.3, -0.25) is 4.90 Å². The fraction of sp³-hybridized carbons (Fsp3) is 0.889. The Labute approximate surface area is 77.8 Å². The topological polar surface area (TPSA) is 56.1 Å². The van der Waals surface area contributed by atoms with Crippen molar-refractivity contribution >= 4 is 5.71 Å². The lowest BCUT2D eigenvalue weighted by atomic mass is 9.75. The predicted molar refractivity (Wildman–Crippen MR) is 48.9 cm³/mol. The van der Waals surface area contributed by atoms with Crippen molar-refractivity contribution in [1.82, 2.24) is 4.90 Å². The van der Waals surface area contributed by atoms with Gasteiger partial charge in [-0.15, -0.1) is 0 Å². The standard InChI is InChI=1S/C9H16N2O2/c1-6(12)8-4-11-3-2-7(8)9(5-11)10-13/h6-8,12-13H,2-5H2,1H3/b10-9+/t6-,7+,8+/m1/s1. The molecule has 0 aromatic rings. The largest absolute Gasteiger partial charge is 0.411 e. The highest BCUT2D eigenvalue weighted by atomic mass is 16.4. The Morgan fingerprint density at radius 2 is 2.38 bits per heavy atom. The number of hydrogen-bond donors (Lipinski definition) is 2. The van der Waals surface area contributed by atoms with E-state index in [1.807, 2.05) is 6.92 Å². The summed E-state index contributed by atoms with van der Waals surface area (Å²) in [5.41, 5.74) is 0.850. The number of aliphatic hydroxyl groups is 1. The molecule has 2 bridgehead atoms. The zero-order valence-corrected chi connectivity index (χ0v) is 7.85. The minimum Gasteiger partial charge on any atom is -0.411 e. The monoisotopic (exact) mass is 184 g/mol. The second kappa shape index (κ2) is 3.27. The number of nitrogens with zero attached hydrogens (tertiary/aromatic N) is 2. The lowest BCUT2D eigenvalue weighted by molar-refractivity contribution is 0.0312. The molecule has 4 atom stereocenters. The molecule has 1 unspecified atom stereocenters. The molecule has 74 valence electrons. The highest BCUT2D eigenvalue weighted by molar-refractivity contribution is 5.89. The molecular formula is C9H16N2O2. The molecule has 0 radical (unpaired) electrons. The second-order valence-electron chi connectivity index (χ2n) is 4.13. The Morgan fingerprint density at radius 3 is 2.92 bits per heavy atom. The SMILES string of the molecule is C[C@@H](O)[C@@H]1CN2CC[C@@H]1/C(=N/O)C2. The molecule has 3 rings (SSSR count). The van der Waals surface area contributed by atoms with Gasteiger partial charge in [-0.25, -0.2) is 0 Å². The van der Waals surface area contributed by atoms with E-state index in [9.17, 15) is 5.11 Å². The van der Waals surface area contributed by atoms with Crippen LogP contribution in [0.1, 0.15) is 13.3 Å². The van der Waals surface area contributed by atoms with Crippen LogP contribution in [-0.4, -0.2) is 46.7 Å². The van der Waals surface area contributed by atoms with Gasteiger partial charge < -0.3 is 10.3 Å². The van der Waals surface area contributed by atoms with Crippen LogP contribution >= 0.6 is 0 Å². The maximum Gasteiger partial charge on any atom is 0.0746 e. The number of aliphatic hydroxyl groups excluding tert-OH is 1. The van der Waals surface area contributed by atoms with Crippen molar-refractivity contribution in [3.05, 3.63) is 0 Å². The number of hydrogen-bond acceptors (Lipinski definition) is 4. The summed E-state index contributed by atoms with van der Waals surface area (Å²) in [6.07, 6.45) is 0.722. The maximum atomic E-state index is 9.55. The van der Waals surface area contributed by atoms with Crippen molar-refractivity contribution in [1.29, 1.82) is 0 Å². The molecule has 3 aliphatic heterocycles. The van der Waals surface area contributed by atoms with Crippen molar-refractivity contribution in [2.45, 2.75) is 19.4 Å². The molecule has 0 aromatic heterocycles. The normalized spacial score (nSPS) is 43.8. The molecule has 4 nitrogen and oxygen atoms in total. The average Bonchev–Trinajstić information content (AvgIpc) is 2.18. The summed E-state index contributed by atoms with van der Waals surface area (Å²) < 4.78 is 0. The maximum absolute atomic E-state index is 9.55. The fourth-order valence-corrected chi connectivity index (χ4v) is 2.55. The highest BCUT2D eigenvalue weighted by Crippen LogP contribution is 2.32.